The van der Waals surface area contributed by atoms with E-state index in [2.05, 4.69) is 0 Å². The van der Waals surface area contributed by atoms with Crippen molar-refractivity contribution in [3.05, 3.63) is 0 Å². The van der Waals surface area contributed by atoms with E-state index in [1.165, 1.54) is 4.90 Å². The topological polar surface area (TPSA) is 74.7 Å². The maximum absolute atomic E-state index is 11.9. The lowest BCUT2D eigenvalue weighted by atomic mass is 9.84. The summed E-state index contributed by atoms with van der Waals surface area (Å²) >= 11 is 0. The molecule has 1 unspecified atom stereocenters. The predicted octanol–water partition coefficient (Wildman–Crippen LogP) is 0.925. The first-order chi connectivity index (χ1) is 7.79. The average molecular weight is 241 g/mol. The third-order valence-electron chi connectivity index (χ3n) is 3.52. The van der Waals surface area contributed by atoms with Crippen molar-refractivity contribution in [3.63, 3.8) is 0 Å². The number of amides is 1. The van der Waals surface area contributed by atoms with E-state index < -0.39 is 29.0 Å². The minimum Gasteiger partial charge on any atom is -0.481 e. The Hall–Kier alpha value is -1.39. The molecule has 17 heavy (non-hydrogen) atoms. The van der Waals surface area contributed by atoms with Crippen LogP contribution in [0, 0.1) is 11.3 Å². The van der Waals surface area contributed by atoms with Gasteiger partial charge in [0.15, 0.2) is 0 Å². The number of rotatable bonds is 4. The molecule has 1 fully saturated rings. The second-order valence-electron chi connectivity index (χ2n) is 5.14. The van der Waals surface area contributed by atoms with E-state index in [-0.39, 0.29) is 6.54 Å². The minimum absolute atomic E-state index is 0.152. The molecule has 0 bridgehead atoms. The molecule has 1 heterocycles. The monoisotopic (exact) mass is 241 g/mol. The van der Waals surface area contributed by atoms with Crippen molar-refractivity contribution in [1.29, 1.82) is 0 Å². The molecule has 0 spiro atoms. The van der Waals surface area contributed by atoms with Gasteiger partial charge in [-0.2, -0.15) is 0 Å². The van der Waals surface area contributed by atoms with Crippen LogP contribution < -0.4 is 0 Å². The fraction of sp³-hybridized carbons (Fsp3) is 0.750. The summed E-state index contributed by atoms with van der Waals surface area (Å²) < 4.78 is 0. The molecule has 1 amide bonds. The number of carboxylic acids is 1. The molecule has 1 N–H and O–H groups in total. The number of carboxylic acid groups (broad SMARTS) is 1. The molecular weight excluding hydrogens is 222 g/mol. The van der Waals surface area contributed by atoms with Crippen LogP contribution in [0.25, 0.3) is 0 Å². The van der Waals surface area contributed by atoms with Gasteiger partial charge in [-0.05, 0) is 12.8 Å². The summed E-state index contributed by atoms with van der Waals surface area (Å²) in [6, 6.07) is 0. The van der Waals surface area contributed by atoms with Crippen LogP contribution in [0.4, 0.5) is 0 Å². The molecule has 1 rings (SSSR count). The van der Waals surface area contributed by atoms with Crippen LogP contribution in [-0.2, 0) is 14.4 Å². The zero-order chi connectivity index (χ0) is 13.2. The van der Waals surface area contributed by atoms with Crippen LogP contribution in [0.2, 0.25) is 0 Å². The molecule has 0 saturated carbocycles. The Morgan fingerprint density at radius 3 is 2.35 bits per heavy atom. The van der Waals surface area contributed by atoms with Crippen LogP contribution in [0.5, 0.6) is 0 Å². The largest absolute Gasteiger partial charge is 0.481 e. The number of likely N-dealkylation sites (tertiary alicyclic amines) is 1. The third kappa shape index (κ3) is 2.84. The summed E-state index contributed by atoms with van der Waals surface area (Å²) in [5, 5.41) is 8.83. The summed E-state index contributed by atoms with van der Waals surface area (Å²) in [4.78, 5) is 36.0. The zero-order valence-electron chi connectivity index (χ0n) is 10.5. The Morgan fingerprint density at radius 1 is 1.35 bits per heavy atom. The van der Waals surface area contributed by atoms with E-state index in [4.69, 9.17) is 5.11 Å². The standard InChI is InChI=1S/C12H19NO4/c1-4-12(2,3)9(14)10(15)13-6-5-8(7-13)11(16)17/h8H,4-7H2,1-3H3,(H,16,17). The Kier molecular flexibility index (Phi) is 3.91. The van der Waals surface area contributed by atoms with Crippen molar-refractivity contribution in [2.24, 2.45) is 11.3 Å². The average Bonchev–Trinajstić information content (AvgIpc) is 2.76. The highest BCUT2D eigenvalue weighted by Gasteiger charge is 2.38. The van der Waals surface area contributed by atoms with Gasteiger partial charge >= 0.3 is 5.97 Å². The van der Waals surface area contributed by atoms with Gasteiger partial charge in [0, 0.05) is 18.5 Å². The smallest absolute Gasteiger partial charge is 0.308 e. The fourth-order valence-electron chi connectivity index (χ4n) is 1.74. The molecule has 1 atom stereocenters. The molecular formula is C12H19NO4. The summed E-state index contributed by atoms with van der Waals surface area (Å²) in [7, 11) is 0. The number of hydrogen-bond donors (Lipinski definition) is 1. The molecule has 5 nitrogen and oxygen atoms in total. The lowest BCUT2D eigenvalue weighted by molar-refractivity contribution is -0.149. The van der Waals surface area contributed by atoms with E-state index in [0.29, 0.717) is 19.4 Å². The van der Waals surface area contributed by atoms with E-state index in [1.807, 2.05) is 6.92 Å². The molecule has 0 aliphatic carbocycles. The van der Waals surface area contributed by atoms with Crippen LogP contribution in [-0.4, -0.2) is 40.8 Å². The highest BCUT2D eigenvalue weighted by atomic mass is 16.4. The Labute approximate surface area is 101 Å². The van der Waals surface area contributed by atoms with Gasteiger partial charge in [-0.15, -0.1) is 0 Å². The van der Waals surface area contributed by atoms with Gasteiger partial charge in [0.1, 0.15) is 0 Å². The number of carbonyl (C=O) groups excluding carboxylic acids is 2. The molecule has 0 aromatic carbocycles. The Balaban J connectivity index is 2.67. The summed E-state index contributed by atoms with van der Waals surface area (Å²) in [6.07, 6.45) is 1.02. The number of nitrogens with zero attached hydrogens (tertiary/aromatic N) is 1. The van der Waals surface area contributed by atoms with Crippen molar-refractivity contribution in [1.82, 2.24) is 4.90 Å². The molecule has 1 saturated heterocycles. The molecule has 0 aromatic rings. The zero-order valence-corrected chi connectivity index (χ0v) is 10.5. The second-order valence-corrected chi connectivity index (χ2v) is 5.14. The van der Waals surface area contributed by atoms with E-state index in [0.717, 1.165) is 0 Å². The molecule has 1 aliphatic heterocycles. The molecule has 96 valence electrons. The molecule has 1 aliphatic rings. The van der Waals surface area contributed by atoms with Crippen LogP contribution in [0.1, 0.15) is 33.6 Å². The Bertz CT molecular complexity index is 348. The van der Waals surface area contributed by atoms with Crippen molar-refractivity contribution in [2.75, 3.05) is 13.1 Å². The van der Waals surface area contributed by atoms with Gasteiger partial charge in [0.25, 0.3) is 5.91 Å². The predicted molar refractivity (Wildman–Crippen MR) is 61.4 cm³/mol. The fourth-order valence-corrected chi connectivity index (χ4v) is 1.74. The molecule has 0 aromatic heterocycles. The van der Waals surface area contributed by atoms with Gasteiger partial charge in [-0.1, -0.05) is 20.8 Å². The maximum Gasteiger partial charge on any atom is 0.308 e. The highest BCUT2D eigenvalue weighted by molar-refractivity contribution is 6.38. The van der Waals surface area contributed by atoms with Gasteiger partial charge in [0.05, 0.1) is 5.92 Å². The van der Waals surface area contributed by atoms with Gasteiger partial charge in [-0.3, -0.25) is 14.4 Å². The van der Waals surface area contributed by atoms with E-state index in [1.54, 1.807) is 13.8 Å². The second kappa shape index (κ2) is 4.85. The van der Waals surface area contributed by atoms with E-state index in [9.17, 15) is 14.4 Å². The first-order valence-corrected chi connectivity index (χ1v) is 5.86. The quantitative estimate of drug-likeness (QED) is 0.743. The number of ketones is 1. The first kappa shape index (κ1) is 13.7. The number of carbonyl (C=O) groups is 3. The highest BCUT2D eigenvalue weighted by Crippen LogP contribution is 2.24. The van der Waals surface area contributed by atoms with E-state index >= 15 is 0 Å². The maximum atomic E-state index is 11.9. The minimum atomic E-state index is -0.900. The SMILES string of the molecule is CCC(C)(C)C(=O)C(=O)N1CCC(C(=O)O)C1. The third-order valence-corrected chi connectivity index (χ3v) is 3.52. The van der Waals surface area contributed by atoms with Crippen molar-refractivity contribution < 1.29 is 19.5 Å². The van der Waals surface area contributed by atoms with Crippen molar-refractivity contribution in [2.45, 2.75) is 33.6 Å². The molecule has 5 heteroatoms. The van der Waals surface area contributed by atoms with Crippen LogP contribution in [0.15, 0.2) is 0 Å². The van der Waals surface area contributed by atoms with Gasteiger partial charge in [0.2, 0.25) is 5.78 Å². The molecule has 0 radical (unpaired) electrons. The number of aliphatic carboxylic acids is 1. The number of hydrogen-bond acceptors (Lipinski definition) is 3. The van der Waals surface area contributed by atoms with Crippen molar-refractivity contribution in [3.8, 4) is 0 Å². The van der Waals surface area contributed by atoms with Crippen LogP contribution >= 0.6 is 0 Å². The normalized spacial score (nSPS) is 20.4. The lowest BCUT2D eigenvalue weighted by Gasteiger charge is -2.23. The van der Waals surface area contributed by atoms with Gasteiger partial charge in [-0.25, -0.2) is 0 Å². The lowest BCUT2D eigenvalue weighted by Crippen LogP contribution is -2.41. The summed E-state index contributed by atoms with van der Waals surface area (Å²) in [6.45, 7) is 5.84. The van der Waals surface area contributed by atoms with Gasteiger partial charge < -0.3 is 10.0 Å². The van der Waals surface area contributed by atoms with Crippen LogP contribution in [0.3, 0.4) is 0 Å². The first-order valence-electron chi connectivity index (χ1n) is 5.86. The number of Topliss-reactive ketones (excluding diaryl/α,β-unsaturated/α-hetero) is 1. The summed E-state index contributed by atoms with van der Waals surface area (Å²) in [5.41, 5.74) is -0.668. The van der Waals surface area contributed by atoms with Crippen molar-refractivity contribution >= 4 is 17.7 Å². The summed E-state index contributed by atoms with van der Waals surface area (Å²) in [5.74, 6) is -2.40. The Morgan fingerprint density at radius 2 is 1.94 bits per heavy atom.